The van der Waals surface area contributed by atoms with Gasteiger partial charge in [0, 0.05) is 44.1 Å². The molecule has 40 heavy (non-hydrogen) atoms. The molecule has 3 saturated carbocycles. The third-order valence-corrected chi connectivity index (χ3v) is 9.07. The molecule has 4 aromatic rings. The smallest absolute Gasteiger partial charge is 0.408 e. The molecule has 208 valence electrons. The number of amides is 2. The number of carbonyl (C=O) groups excluding carboxylic acids is 3. The first-order valence-electron chi connectivity index (χ1n) is 13.8. The minimum absolute atomic E-state index is 0.00147. The van der Waals surface area contributed by atoms with Crippen molar-refractivity contribution in [2.75, 3.05) is 6.54 Å². The fourth-order valence-electron chi connectivity index (χ4n) is 6.43. The molecule has 11 heteroatoms. The number of aryl methyl sites for hydroxylation is 1. The van der Waals surface area contributed by atoms with E-state index in [0.717, 1.165) is 44.1 Å². The summed E-state index contributed by atoms with van der Waals surface area (Å²) in [7, 11) is 1.62. The largest absolute Gasteiger partial charge is 0.419 e. The number of nitrogens with one attached hydrogen (secondary N) is 2. The van der Waals surface area contributed by atoms with Crippen LogP contribution in [0.4, 0.5) is 0 Å². The van der Waals surface area contributed by atoms with Gasteiger partial charge in [-0.1, -0.05) is 13.0 Å². The van der Waals surface area contributed by atoms with Crippen LogP contribution in [-0.2, 0) is 18.4 Å². The van der Waals surface area contributed by atoms with Crippen LogP contribution in [-0.4, -0.2) is 43.3 Å². The number of aromatic nitrogens is 4. The Hall–Kier alpha value is -4.28. The van der Waals surface area contributed by atoms with Crippen LogP contribution < -0.4 is 16.4 Å². The highest BCUT2D eigenvalue weighted by Gasteiger charge is 2.51. The zero-order valence-corrected chi connectivity index (χ0v) is 22.7. The van der Waals surface area contributed by atoms with E-state index in [-0.39, 0.29) is 34.7 Å². The van der Waals surface area contributed by atoms with Crippen molar-refractivity contribution in [1.82, 2.24) is 29.8 Å². The van der Waals surface area contributed by atoms with Crippen LogP contribution in [0.2, 0.25) is 0 Å². The zero-order valence-electron chi connectivity index (χ0n) is 22.7. The predicted octanol–water partition coefficient (Wildman–Crippen LogP) is 3.15. The van der Waals surface area contributed by atoms with E-state index < -0.39 is 11.7 Å². The van der Waals surface area contributed by atoms with Gasteiger partial charge in [-0.3, -0.25) is 19.0 Å². The summed E-state index contributed by atoms with van der Waals surface area (Å²) in [5, 5.41) is 10.2. The Morgan fingerprint density at radius 2 is 1.75 bits per heavy atom. The fraction of sp³-hybridized carbons (Fsp3) is 0.448. The van der Waals surface area contributed by atoms with Gasteiger partial charge in [0.2, 0.25) is 0 Å². The molecule has 0 unspecified atom stereocenters. The molecular weight excluding hydrogens is 512 g/mol. The number of hydrogen-bond acceptors (Lipinski definition) is 7. The number of rotatable bonds is 8. The first-order valence-corrected chi connectivity index (χ1v) is 13.8. The lowest BCUT2D eigenvalue weighted by atomic mass is 9.52. The zero-order chi connectivity index (χ0) is 28.1. The van der Waals surface area contributed by atoms with Gasteiger partial charge in [-0.2, -0.15) is 5.10 Å². The molecule has 11 nitrogen and oxygen atoms in total. The van der Waals surface area contributed by atoms with Crippen LogP contribution in [0.1, 0.15) is 78.4 Å². The summed E-state index contributed by atoms with van der Waals surface area (Å²) in [4.78, 5) is 55.2. The second kappa shape index (κ2) is 9.72. The van der Waals surface area contributed by atoms with E-state index in [1.54, 1.807) is 31.3 Å². The third-order valence-electron chi connectivity index (χ3n) is 9.07. The van der Waals surface area contributed by atoms with Crippen LogP contribution in [0.15, 0.2) is 45.7 Å². The second-order valence-electron chi connectivity index (χ2n) is 11.3. The highest BCUT2D eigenvalue weighted by Crippen LogP contribution is 2.57. The monoisotopic (exact) mass is 544 g/mol. The summed E-state index contributed by atoms with van der Waals surface area (Å²) >= 11 is 0. The molecule has 3 aliphatic carbocycles. The summed E-state index contributed by atoms with van der Waals surface area (Å²) in [6.45, 7) is 2.66. The van der Waals surface area contributed by atoms with Crippen molar-refractivity contribution >= 4 is 34.3 Å². The number of Topliss-reactive ketones (excluding diaryl/α,β-unsaturated/α-hetero) is 1. The van der Waals surface area contributed by atoms with Gasteiger partial charge in [0.15, 0.2) is 11.2 Å². The van der Waals surface area contributed by atoms with Gasteiger partial charge in [0.1, 0.15) is 17.2 Å². The highest BCUT2D eigenvalue weighted by molar-refractivity contribution is 5.98. The normalized spacial score (nSPS) is 22.1. The van der Waals surface area contributed by atoms with E-state index in [1.807, 2.05) is 6.92 Å². The van der Waals surface area contributed by atoms with Gasteiger partial charge in [0.05, 0.1) is 11.7 Å². The first-order chi connectivity index (χ1) is 19.2. The highest BCUT2D eigenvalue weighted by atomic mass is 16.4. The Bertz CT molecular complexity index is 1690. The fourth-order valence-corrected chi connectivity index (χ4v) is 6.43. The van der Waals surface area contributed by atoms with Crippen molar-refractivity contribution in [2.45, 2.75) is 58.4 Å². The summed E-state index contributed by atoms with van der Waals surface area (Å²) in [5.41, 5.74) is 2.46. The standard InChI is InChI=1S/C29H32N6O5/c1-3-23(36)29-10-7-28(8-11-29,9-12-29)17-31-26(38)21-15-19(33-24-6-13-32-35(21)24)25(37)30-16-18-4-5-22-20(14-18)34(2)27(39)40-22/h4-6,13-15H,3,7-12,16-17H2,1-2H3,(H,30,37)(H,31,38). The number of benzene rings is 1. The summed E-state index contributed by atoms with van der Waals surface area (Å²) in [5.74, 6) is -0.834. The molecule has 7 rings (SSSR count). The predicted molar refractivity (Wildman–Crippen MR) is 146 cm³/mol. The minimum atomic E-state index is -0.452. The van der Waals surface area contributed by atoms with Crippen molar-refractivity contribution in [3.8, 4) is 0 Å². The SMILES string of the molecule is CCC(=O)C12CCC(CNC(=O)c3cc(C(=O)NCc4ccc5oc(=O)n(C)c5c4)nc4ccnn34)(CC1)CC2. The summed E-state index contributed by atoms with van der Waals surface area (Å²) in [6.07, 6.45) is 7.59. The average molecular weight is 545 g/mol. The molecule has 3 fully saturated rings. The second-order valence-corrected chi connectivity index (χ2v) is 11.3. The van der Waals surface area contributed by atoms with Crippen LogP contribution in [0.25, 0.3) is 16.7 Å². The Morgan fingerprint density at radius 3 is 2.48 bits per heavy atom. The number of carbonyl (C=O) groups is 3. The lowest BCUT2D eigenvalue weighted by Gasteiger charge is -2.52. The maximum atomic E-state index is 13.4. The van der Waals surface area contributed by atoms with E-state index in [2.05, 4.69) is 20.7 Å². The third kappa shape index (κ3) is 4.39. The molecule has 0 spiro atoms. The van der Waals surface area contributed by atoms with Crippen molar-refractivity contribution in [3.05, 3.63) is 64.0 Å². The average Bonchev–Trinajstić information content (AvgIpc) is 3.58. The van der Waals surface area contributed by atoms with E-state index in [0.29, 0.717) is 35.5 Å². The summed E-state index contributed by atoms with van der Waals surface area (Å²) in [6, 6.07) is 8.35. The number of oxazole rings is 1. The molecule has 2 bridgehead atoms. The molecule has 0 atom stereocenters. The van der Waals surface area contributed by atoms with E-state index in [4.69, 9.17) is 4.42 Å². The van der Waals surface area contributed by atoms with Gasteiger partial charge in [-0.05, 0) is 61.6 Å². The molecule has 0 saturated heterocycles. The molecule has 3 aliphatic rings. The van der Waals surface area contributed by atoms with E-state index in [9.17, 15) is 19.2 Å². The Kier molecular flexibility index (Phi) is 6.31. The van der Waals surface area contributed by atoms with Crippen LogP contribution in [0, 0.1) is 10.8 Å². The maximum absolute atomic E-state index is 13.4. The molecule has 3 heterocycles. The molecule has 1 aromatic carbocycles. The Labute approximate surface area is 229 Å². The molecule has 2 amide bonds. The number of ketones is 1. The van der Waals surface area contributed by atoms with Gasteiger partial charge in [-0.15, -0.1) is 0 Å². The summed E-state index contributed by atoms with van der Waals surface area (Å²) < 4.78 is 8.00. The maximum Gasteiger partial charge on any atom is 0.419 e. The van der Waals surface area contributed by atoms with E-state index >= 15 is 0 Å². The van der Waals surface area contributed by atoms with E-state index in [1.165, 1.54) is 21.3 Å². The number of nitrogens with zero attached hydrogens (tertiary/aromatic N) is 4. The Balaban J connectivity index is 1.15. The molecule has 0 radical (unpaired) electrons. The molecule has 3 aromatic heterocycles. The van der Waals surface area contributed by atoms with Crippen molar-refractivity contribution in [2.24, 2.45) is 17.9 Å². The van der Waals surface area contributed by atoms with Crippen LogP contribution in [0.3, 0.4) is 0 Å². The molecule has 2 N–H and O–H groups in total. The van der Waals surface area contributed by atoms with Crippen molar-refractivity contribution in [3.63, 3.8) is 0 Å². The van der Waals surface area contributed by atoms with Gasteiger partial charge in [-0.25, -0.2) is 14.3 Å². The van der Waals surface area contributed by atoms with Crippen LogP contribution in [0.5, 0.6) is 0 Å². The Morgan fingerprint density at radius 1 is 1.00 bits per heavy atom. The lowest BCUT2D eigenvalue weighted by molar-refractivity contribution is -0.137. The van der Waals surface area contributed by atoms with Crippen molar-refractivity contribution < 1.29 is 18.8 Å². The molecular formula is C29H32N6O5. The topological polar surface area (TPSA) is 141 Å². The van der Waals surface area contributed by atoms with Crippen LogP contribution >= 0.6 is 0 Å². The number of fused-ring (bicyclic) bond motifs is 5. The van der Waals surface area contributed by atoms with Gasteiger partial charge < -0.3 is 15.1 Å². The van der Waals surface area contributed by atoms with Gasteiger partial charge >= 0.3 is 5.76 Å². The minimum Gasteiger partial charge on any atom is -0.408 e. The quantitative estimate of drug-likeness (QED) is 0.347. The molecule has 0 aliphatic heterocycles. The van der Waals surface area contributed by atoms with Gasteiger partial charge in [0.25, 0.3) is 11.8 Å². The lowest BCUT2D eigenvalue weighted by Crippen LogP contribution is -2.50. The van der Waals surface area contributed by atoms with Crippen molar-refractivity contribution in [1.29, 1.82) is 0 Å². The first kappa shape index (κ1) is 26.0. The number of hydrogen-bond donors (Lipinski definition) is 2.